The van der Waals surface area contributed by atoms with Crippen LogP contribution < -0.4 is 5.32 Å². The summed E-state index contributed by atoms with van der Waals surface area (Å²) in [5.41, 5.74) is 1.02. The lowest BCUT2D eigenvalue weighted by molar-refractivity contribution is -0.142. The third kappa shape index (κ3) is 5.45. The molecule has 1 atom stereocenters. The lowest BCUT2D eigenvalue weighted by Crippen LogP contribution is -2.40. The van der Waals surface area contributed by atoms with Crippen molar-refractivity contribution in [2.75, 3.05) is 0 Å². The largest absolute Gasteiger partial charge is 0.480 e. The first kappa shape index (κ1) is 18.1. The van der Waals surface area contributed by atoms with E-state index in [0.717, 1.165) is 29.8 Å². The van der Waals surface area contributed by atoms with Crippen molar-refractivity contribution in [3.63, 3.8) is 0 Å². The lowest BCUT2D eigenvalue weighted by atomic mass is 10.1. The average molecular weight is 346 g/mol. The van der Waals surface area contributed by atoms with Crippen LogP contribution in [-0.4, -0.2) is 28.0 Å². The van der Waals surface area contributed by atoms with Crippen LogP contribution in [0.3, 0.4) is 0 Å². The van der Waals surface area contributed by atoms with E-state index in [4.69, 9.17) is 5.11 Å². The predicted molar refractivity (Wildman–Crippen MR) is 96.2 cm³/mol. The number of aliphatic carboxylic acids is 1. The van der Waals surface area contributed by atoms with Gasteiger partial charge in [0.25, 0.3) is 0 Å². The normalized spacial score (nSPS) is 12.0. The number of aryl methyl sites for hydroxylation is 1. The SMILES string of the molecule is C=CCCC(NC(=O)CCCCc1nc2ccccc2s1)C(=O)O. The first-order chi connectivity index (χ1) is 11.6. The molecule has 0 aliphatic carbocycles. The number of amides is 1. The van der Waals surface area contributed by atoms with Gasteiger partial charge < -0.3 is 10.4 Å². The molecule has 6 heteroatoms. The van der Waals surface area contributed by atoms with Crippen LogP contribution in [-0.2, 0) is 16.0 Å². The van der Waals surface area contributed by atoms with Crippen molar-refractivity contribution in [1.29, 1.82) is 0 Å². The zero-order chi connectivity index (χ0) is 17.4. The van der Waals surface area contributed by atoms with E-state index in [2.05, 4.69) is 22.9 Å². The molecule has 1 aromatic heterocycles. The standard InChI is InChI=1S/C18H22N2O3S/c1-2-3-8-14(18(22)23)19-16(21)11-6-7-12-17-20-13-9-4-5-10-15(13)24-17/h2,4-5,9-10,14H,1,3,6-8,11-12H2,(H,19,21)(H,22,23). The Balaban J connectivity index is 1.71. The van der Waals surface area contributed by atoms with Gasteiger partial charge in [-0.05, 0) is 44.2 Å². The van der Waals surface area contributed by atoms with E-state index in [-0.39, 0.29) is 5.91 Å². The van der Waals surface area contributed by atoms with Gasteiger partial charge in [0, 0.05) is 6.42 Å². The predicted octanol–water partition coefficient (Wildman–Crippen LogP) is 3.54. The third-order valence-electron chi connectivity index (χ3n) is 3.68. The second kappa shape index (κ2) is 9.17. The van der Waals surface area contributed by atoms with Crippen molar-refractivity contribution in [2.45, 2.75) is 44.6 Å². The van der Waals surface area contributed by atoms with Gasteiger partial charge in [0.15, 0.2) is 0 Å². The Hall–Kier alpha value is -2.21. The summed E-state index contributed by atoms with van der Waals surface area (Å²) >= 11 is 1.68. The Morgan fingerprint density at radius 1 is 1.33 bits per heavy atom. The Bertz CT molecular complexity index is 678. The van der Waals surface area contributed by atoms with E-state index in [9.17, 15) is 9.59 Å². The molecule has 2 aromatic rings. The molecule has 128 valence electrons. The number of fused-ring (bicyclic) bond motifs is 1. The van der Waals surface area contributed by atoms with Gasteiger partial charge >= 0.3 is 5.97 Å². The van der Waals surface area contributed by atoms with Crippen molar-refractivity contribution < 1.29 is 14.7 Å². The zero-order valence-corrected chi connectivity index (χ0v) is 14.3. The minimum absolute atomic E-state index is 0.212. The molecule has 5 nitrogen and oxygen atoms in total. The molecule has 2 rings (SSSR count). The molecule has 24 heavy (non-hydrogen) atoms. The molecule has 0 radical (unpaired) electrons. The number of unbranched alkanes of at least 4 members (excludes halogenated alkanes) is 1. The number of aromatic nitrogens is 1. The van der Waals surface area contributed by atoms with Gasteiger partial charge in [-0.25, -0.2) is 9.78 Å². The maximum Gasteiger partial charge on any atom is 0.326 e. The van der Waals surface area contributed by atoms with Gasteiger partial charge in [-0.15, -0.1) is 17.9 Å². The van der Waals surface area contributed by atoms with Crippen molar-refractivity contribution >= 4 is 33.4 Å². The molecule has 1 amide bonds. The molecule has 0 spiro atoms. The summed E-state index contributed by atoms with van der Waals surface area (Å²) in [6.07, 6.45) is 5.34. The Kier molecular flexibility index (Phi) is 6.93. The highest BCUT2D eigenvalue weighted by molar-refractivity contribution is 7.18. The quantitative estimate of drug-likeness (QED) is 0.509. The number of rotatable bonds is 10. The molecule has 0 saturated carbocycles. The highest BCUT2D eigenvalue weighted by Gasteiger charge is 2.18. The number of nitrogens with one attached hydrogen (secondary N) is 1. The fourth-order valence-electron chi connectivity index (χ4n) is 2.40. The number of hydrogen-bond donors (Lipinski definition) is 2. The number of hydrogen-bond acceptors (Lipinski definition) is 4. The number of nitrogens with zero attached hydrogens (tertiary/aromatic N) is 1. The van der Waals surface area contributed by atoms with Gasteiger partial charge in [0.1, 0.15) is 6.04 Å². The number of para-hydroxylation sites is 1. The van der Waals surface area contributed by atoms with E-state index in [1.54, 1.807) is 17.4 Å². The van der Waals surface area contributed by atoms with Crippen LogP contribution in [0, 0.1) is 0 Å². The Morgan fingerprint density at radius 3 is 2.83 bits per heavy atom. The van der Waals surface area contributed by atoms with Crippen LogP contribution >= 0.6 is 11.3 Å². The topological polar surface area (TPSA) is 79.3 Å². The molecule has 0 fully saturated rings. The summed E-state index contributed by atoms with van der Waals surface area (Å²) in [6.45, 7) is 3.57. The number of carboxylic acid groups (broad SMARTS) is 1. The average Bonchev–Trinajstić information content (AvgIpc) is 2.98. The fraction of sp³-hybridized carbons (Fsp3) is 0.389. The highest BCUT2D eigenvalue weighted by atomic mass is 32.1. The Morgan fingerprint density at radius 2 is 2.12 bits per heavy atom. The minimum atomic E-state index is -1.00. The van der Waals surface area contributed by atoms with E-state index in [0.29, 0.717) is 19.3 Å². The van der Waals surface area contributed by atoms with Gasteiger partial charge in [0.2, 0.25) is 5.91 Å². The van der Waals surface area contributed by atoms with Crippen molar-refractivity contribution in [2.24, 2.45) is 0 Å². The number of thiazole rings is 1. The van der Waals surface area contributed by atoms with Gasteiger partial charge in [-0.1, -0.05) is 18.2 Å². The second-order valence-electron chi connectivity index (χ2n) is 5.61. The summed E-state index contributed by atoms with van der Waals surface area (Å²) in [4.78, 5) is 27.5. The highest BCUT2D eigenvalue weighted by Crippen LogP contribution is 2.22. The summed E-state index contributed by atoms with van der Waals surface area (Å²) in [5, 5.41) is 12.7. The number of carbonyl (C=O) groups excluding carboxylic acids is 1. The molecule has 2 N–H and O–H groups in total. The van der Waals surface area contributed by atoms with Crippen molar-refractivity contribution in [3.05, 3.63) is 41.9 Å². The smallest absolute Gasteiger partial charge is 0.326 e. The second-order valence-corrected chi connectivity index (χ2v) is 6.72. The molecule has 0 aliphatic heterocycles. The van der Waals surface area contributed by atoms with Crippen LogP contribution in [0.4, 0.5) is 0 Å². The zero-order valence-electron chi connectivity index (χ0n) is 13.5. The fourth-order valence-corrected chi connectivity index (χ4v) is 3.41. The summed E-state index contributed by atoms with van der Waals surface area (Å²) in [6, 6.07) is 7.19. The molecule has 0 bridgehead atoms. The van der Waals surface area contributed by atoms with Crippen LogP contribution in [0.2, 0.25) is 0 Å². The molecule has 1 aromatic carbocycles. The first-order valence-electron chi connectivity index (χ1n) is 8.07. The van der Waals surface area contributed by atoms with Gasteiger partial charge in [-0.3, -0.25) is 4.79 Å². The minimum Gasteiger partial charge on any atom is -0.480 e. The monoisotopic (exact) mass is 346 g/mol. The van der Waals surface area contributed by atoms with Crippen molar-refractivity contribution in [1.82, 2.24) is 10.3 Å². The number of carbonyl (C=O) groups is 2. The summed E-state index contributed by atoms with van der Waals surface area (Å²) in [7, 11) is 0. The van der Waals surface area contributed by atoms with Crippen LogP contribution in [0.1, 0.15) is 37.1 Å². The molecule has 0 aliphatic rings. The molecule has 1 heterocycles. The maximum atomic E-state index is 11.9. The molecule has 1 unspecified atom stereocenters. The lowest BCUT2D eigenvalue weighted by Gasteiger charge is -2.13. The van der Waals surface area contributed by atoms with Crippen molar-refractivity contribution in [3.8, 4) is 0 Å². The molecular formula is C18H22N2O3S. The molecule has 0 saturated heterocycles. The van der Waals surface area contributed by atoms with Crippen LogP contribution in [0.25, 0.3) is 10.2 Å². The third-order valence-corrected chi connectivity index (χ3v) is 4.77. The van der Waals surface area contributed by atoms with Crippen LogP contribution in [0.15, 0.2) is 36.9 Å². The van der Waals surface area contributed by atoms with E-state index < -0.39 is 12.0 Å². The van der Waals surface area contributed by atoms with E-state index >= 15 is 0 Å². The van der Waals surface area contributed by atoms with Gasteiger partial charge in [-0.2, -0.15) is 0 Å². The van der Waals surface area contributed by atoms with Crippen LogP contribution in [0.5, 0.6) is 0 Å². The number of carboxylic acids is 1. The Labute approximate surface area is 145 Å². The van der Waals surface area contributed by atoms with E-state index in [1.807, 2.05) is 18.2 Å². The summed E-state index contributed by atoms with van der Waals surface area (Å²) in [5.74, 6) is -1.21. The first-order valence-corrected chi connectivity index (χ1v) is 8.89. The number of benzene rings is 1. The van der Waals surface area contributed by atoms with Gasteiger partial charge in [0.05, 0.1) is 15.2 Å². The molecular weight excluding hydrogens is 324 g/mol. The maximum absolute atomic E-state index is 11.9. The van der Waals surface area contributed by atoms with E-state index in [1.165, 1.54) is 4.70 Å². The summed E-state index contributed by atoms with van der Waals surface area (Å²) < 4.78 is 1.18. The number of allylic oxidation sites excluding steroid dienone is 1.